The largest absolute Gasteiger partial charge is 0.257 e. The molecule has 2 aromatic heterocycles. The van der Waals surface area contributed by atoms with Gasteiger partial charge in [0.1, 0.15) is 0 Å². The van der Waals surface area contributed by atoms with Crippen LogP contribution in [0.4, 0.5) is 0 Å². The lowest BCUT2D eigenvalue weighted by molar-refractivity contribution is 0.722. The van der Waals surface area contributed by atoms with Gasteiger partial charge < -0.3 is 0 Å². The fourth-order valence-electron chi connectivity index (χ4n) is 10.8. The number of hydrogen-bond acceptors (Lipinski definition) is 2. The van der Waals surface area contributed by atoms with Crippen LogP contribution < -0.4 is 0 Å². The van der Waals surface area contributed by atoms with Gasteiger partial charge in [0, 0.05) is 29.8 Å². The van der Waals surface area contributed by atoms with Crippen molar-refractivity contribution in [1.82, 2.24) is 9.97 Å². The molecule has 0 radical (unpaired) electrons. The van der Waals surface area contributed by atoms with Gasteiger partial charge in [-0.1, -0.05) is 158 Å². The molecule has 60 heavy (non-hydrogen) atoms. The molecule has 0 saturated carbocycles. The lowest BCUT2D eigenvalue weighted by Crippen LogP contribution is -2.18. The first kappa shape index (κ1) is 33.3. The number of fused-ring (bicyclic) bond motifs is 7. The summed E-state index contributed by atoms with van der Waals surface area (Å²) >= 11 is 0. The maximum absolute atomic E-state index is 4.80. The van der Waals surface area contributed by atoms with E-state index in [-0.39, 0.29) is 5.92 Å². The van der Waals surface area contributed by atoms with Gasteiger partial charge in [0.25, 0.3) is 0 Å². The maximum Gasteiger partial charge on any atom is 0.0708 e. The van der Waals surface area contributed by atoms with Gasteiger partial charge in [0.2, 0.25) is 0 Å². The minimum atomic E-state index is 0.261. The molecule has 0 bridgehead atoms. The highest BCUT2D eigenvalue weighted by molar-refractivity contribution is 6.29. The molecule has 9 aromatic rings. The van der Waals surface area contributed by atoms with Crippen LogP contribution in [-0.2, 0) is 0 Å². The molecule has 4 aliphatic carbocycles. The first-order chi connectivity index (χ1) is 29.8. The van der Waals surface area contributed by atoms with Gasteiger partial charge in [-0.25, -0.2) is 0 Å². The minimum Gasteiger partial charge on any atom is -0.257 e. The van der Waals surface area contributed by atoms with E-state index in [4.69, 9.17) is 9.97 Å². The van der Waals surface area contributed by atoms with Gasteiger partial charge >= 0.3 is 0 Å². The molecule has 0 fully saturated rings. The zero-order chi connectivity index (χ0) is 39.3. The highest BCUT2D eigenvalue weighted by Crippen LogP contribution is 2.60. The van der Waals surface area contributed by atoms with Gasteiger partial charge in [0.15, 0.2) is 0 Å². The zero-order valence-corrected chi connectivity index (χ0v) is 32.7. The number of aromatic nitrogens is 2. The Kier molecular flexibility index (Phi) is 7.17. The normalized spacial score (nSPS) is 16.6. The molecule has 2 atom stereocenters. The van der Waals surface area contributed by atoms with Gasteiger partial charge in [-0.15, -0.1) is 0 Å². The van der Waals surface area contributed by atoms with Gasteiger partial charge in [-0.2, -0.15) is 0 Å². The van der Waals surface area contributed by atoms with Crippen LogP contribution in [0.25, 0.3) is 105 Å². The Morgan fingerprint density at radius 1 is 0.350 bits per heavy atom. The first-order valence-corrected chi connectivity index (χ1v) is 20.9. The van der Waals surface area contributed by atoms with E-state index in [1.54, 1.807) is 0 Å². The van der Waals surface area contributed by atoms with E-state index in [2.05, 4.69) is 182 Å². The molecule has 0 aliphatic heterocycles. The van der Waals surface area contributed by atoms with Crippen LogP contribution in [0.15, 0.2) is 207 Å². The second kappa shape index (κ2) is 12.9. The lowest BCUT2D eigenvalue weighted by atomic mass is 9.73. The SMILES string of the molecule is C1=CC2C(c3ccccn3)=CC=C3c4ccc(-c5ccc6c(-c7ccccc7)c7c(c(-c8ccccc8)c6c5)-c5cccc6c(-c8ccccn8)ccc-7c56)cc4C(=C1)C32. The quantitative estimate of drug-likeness (QED) is 0.175. The maximum atomic E-state index is 4.80. The summed E-state index contributed by atoms with van der Waals surface area (Å²) in [6.07, 6.45) is 15.4. The Bertz CT molecular complexity index is 3390. The summed E-state index contributed by atoms with van der Waals surface area (Å²) in [5.74, 6) is 0.555. The van der Waals surface area contributed by atoms with Crippen LogP contribution in [0.5, 0.6) is 0 Å². The van der Waals surface area contributed by atoms with Crippen molar-refractivity contribution in [2.24, 2.45) is 11.8 Å². The van der Waals surface area contributed by atoms with Crippen LogP contribution >= 0.6 is 0 Å². The number of rotatable bonds is 5. The fraction of sp³-hybridized carbons (Fsp3) is 0.0345. The molecule has 0 saturated heterocycles. The molecule has 2 nitrogen and oxygen atoms in total. The third-order valence-electron chi connectivity index (χ3n) is 13.3. The molecule has 2 heterocycles. The van der Waals surface area contributed by atoms with Crippen molar-refractivity contribution in [2.75, 3.05) is 0 Å². The van der Waals surface area contributed by atoms with E-state index in [1.165, 1.54) is 105 Å². The third kappa shape index (κ3) is 4.76. The smallest absolute Gasteiger partial charge is 0.0708 e. The number of hydrogen-bond donors (Lipinski definition) is 0. The fourth-order valence-corrected chi connectivity index (χ4v) is 10.8. The second-order valence-electron chi connectivity index (χ2n) is 16.3. The number of pyridine rings is 2. The molecule has 13 rings (SSSR count). The van der Waals surface area contributed by atoms with Crippen molar-refractivity contribution in [3.8, 4) is 66.9 Å². The molecule has 2 unspecified atom stereocenters. The van der Waals surface area contributed by atoms with Crippen LogP contribution in [0.1, 0.15) is 16.8 Å². The number of benzene rings is 7. The number of nitrogens with zero attached hydrogens (tertiary/aromatic N) is 2. The highest BCUT2D eigenvalue weighted by atomic mass is 14.7. The Hall–Kier alpha value is -7.68. The van der Waals surface area contributed by atoms with Crippen molar-refractivity contribution in [3.63, 3.8) is 0 Å². The standard InChI is InChI=1S/C58H36N2/c1-3-13-35(14-4-1)53-46-26-24-38(37-23-25-39-45-29-27-40(51-21-7-9-31-59-51)42-17-11-19-44(55(42)45)49(39)33-37)34-50(46)54(36-15-5-2-6-16-36)57-47-20-12-18-43-41(52-22-8-10-32-60-52)28-30-48(56(43)47)58(53)57/h1-34,42,55H. The Morgan fingerprint density at radius 2 is 0.967 bits per heavy atom. The van der Waals surface area contributed by atoms with Crippen molar-refractivity contribution < 1.29 is 0 Å². The highest BCUT2D eigenvalue weighted by Gasteiger charge is 2.41. The molecule has 7 aromatic carbocycles. The Balaban J connectivity index is 1.05. The van der Waals surface area contributed by atoms with Crippen molar-refractivity contribution in [2.45, 2.75) is 0 Å². The van der Waals surface area contributed by atoms with Crippen molar-refractivity contribution in [1.29, 1.82) is 0 Å². The average Bonchev–Trinajstić information content (AvgIpc) is 3.83. The van der Waals surface area contributed by atoms with Gasteiger partial charge in [-0.3, -0.25) is 9.97 Å². The van der Waals surface area contributed by atoms with Crippen LogP contribution in [0.2, 0.25) is 0 Å². The summed E-state index contributed by atoms with van der Waals surface area (Å²) in [6, 6.07) is 60.2. The zero-order valence-electron chi connectivity index (χ0n) is 32.7. The Morgan fingerprint density at radius 3 is 1.72 bits per heavy atom. The summed E-state index contributed by atoms with van der Waals surface area (Å²) in [5, 5.41) is 5.04. The molecule has 0 N–H and O–H groups in total. The second-order valence-corrected chi connectivity index (χ2v) is 16.3. The van der Waals surface area contributed by atoms with Crippen molar-refractivity contribution in [3.05, 3.63) is 223 Å². The average molecular weight is 761 g/mol. The van der Waals surface area contributed by atoms with E-state index >= 15 is 0 Å². The van der Waals surface area contributed by atoms with E-state index in [0.29, 0.717) is 5.92 Å². The van der Waals surface area contributed by atoms with E-state index < -0.39 is 0 Å². The molecule has 2 heteroatoms. The van der Waals surface area contributed by atoms with Crippen LogP contribution in [-0.4, -0.2) is 9.97 Å². The summed E-state index contributed by atoms with van der Waals surface area (Å²) in [5.41, 5.74) is 22.6. The van der Waals surface area contributed by atoms with Crippen molar-refractivity contribution >= 4 is 38.3 Å². The first-order valence-electron chi connectivity index (χ1n) is 20.9. The molecule has 0 amide bonds. The molecule has 0 spiro atoms. The van der Waals surface area contributed by atoms with Crippen LogP contribution in [0.3, 0.4) is 0 Å². The molecular formula is C58H36N2. The number of allylic oxidation sites excluding steroid dienone is 8. The predicted molar refractivity (Wildman–Crippen MR) is 250 cm³/mol. The monoisotopic (exact) mass is 760 g/mol. The van der Waals surface area contributed by atoms with Gasteiger partial charge in [0.05, 0.1) is 11.4 Å². The van der Waals surface area contributed by atoms with E-state index in [0.717, 1.165) is 17.0 Å². The third-order valence-corrected chi connectivity index (χ3v) is 13.3. The lowest BCUT2D eigenvalue weighted by Gasteiger charge is -2.31. The minimum absolute atomic E-state index is 0.261. The van der Waals surface area contributed by atoms with Gasteiger partial charge in [-0.05, 0) is 141 Å². The predicted octanol–water partition coefficient (Wildman–Crippen LogP) is 14.8. The molecule has 4 aliphatic rings. The van der Waals surface area contributed by atoms with Crippen LogP contribution in [0, 0.1) is 11.8 Å². The summed E-state index contributed by atoms with van der Waals surface area (Å²) < 4.78 is 0. The summed E-state index contributed by atoms with van der Waals surface area (Å²) in [7, 11) is 0. The van der Waals surface area contributed by atoms with E-state index in [1.807, 2.05) is 24.5 Å². The van der Waals surface area contributed by atoms with E-state index in [9.17, 15) is 0 Å². The summed E-state index contributed by atoms with van der Waals surface area (Å²) in [6.45, 7) is 0. The molecular weight excluding hydrogens is 725 g/mol. The molecule has 278 valence electrons. The topological polar surface area (TPSA) is 25.8 Å². The Labute approximate surface area is 348 Å². The summed E-state index contributed by atoms with van der Waals surface area (Å²) in [4.78, 5) is 9.56.